The van der Waals surface area contributed by atoms with E-state index in [2.05, 4.69) is 30.9 Å². The summed E-state index contributed by atoms with van der Waals surface area (Å²) in [6.07, 6.45) is 27.2. The second kappa shape index (κ2) is 33.6. The van der Waals surface area contributed by atoms with E-state index in [4.69, 9.17) is 0 Å². The number of fused-ring (bicyclic) bond motifs is 3. The van der Waals surface area contributed by atoms with E-state index in [-0.39, 0.29) is 88.9 Å². The molecule has 8 fully saturated rings. The minimum atomic E-state index is -1.08. The lowest BCUT2D eigenvalue weighted by molar-refractivity contribution is -0.163. The van der Waals surface area contributed by atoms with Crippen molar-refractivity contribution in [2.24, 2.45) is 51.8 Å². The number of carbonyl (C=O) groups is 9. The zero-order valence-electron chi connectivity index (χ0n) is 68.0. The normalized spacial score (nSPS) is 24.5. The van der Waals surface area contributed by atoms with Crippen molar-refractivity contribution in [2.45, 2.75) is 219 Å². The summed E-state index contributed by atoms with van der Waals surface area (Å²) < 4.78 is 0. The minimum absolute atomic E-state index is 0.0299. The predicted molar refractivity (Wildman–Crippen MR) is 428 cm³/mol. The summed E-state index contributed by atoms with van der Waals surface area (Å²) in [5.41, 5.74) is 4.22. The van der Waals surface area contributed by atoms with Gasteiger partial charge < -0.3 is 54.3 Å². The number of hydrogen-bond donors (Lipinski definition) is 2. The van der Waals surface area contributed by atoms with Crippen molar-refractivity contribution in [3.8, 4) is 0 Å². The lowest BCUT2D eigenvalue weighted by Crippen LogP contribution is -2.64. The zero-order chi connectivity index (χ0) is 78.9. The number of benzene rings is 4. The number of aliphatic hydroxyl groups is 2. The van der Waals surface area contributed by atoms with Gasteiger partial charge in [0.15, 0.2) is 0 Å². The fraction of sp³-hybridized carbons (Fsp3) is 0.637. The van der Waals surface area contributed by atoms with Gasteiger partial charge in [0.25, 0.3) is 35.4 Å². The quantitative estimate of drug-likeness (QED) is 0.0953. The van der Waals surface area contributed by atoms with Gasteiger partial charge in [0.2, 0.25) is 17.7 Å². The Bertz CT molecular complexity index is 4110. The lowest BCUT2D eigenvalue weighted by atomic mass is 9.65. The first kappa shape index (κ1) is 81.1. The second-order valence-electron chi connectivity index (χ2n) is 36.6. The third kappa shape index (κ3) is 16.5. The number of amides is 9. The summed E-state index contributed by atoms with van der Waals surface area (Å²) in [5, 5.41) is 24.4. The molecule has 0 aromatic heterocycles. The van der Waals surface area contributed by atoms with Crippen LogP contribution in [0.1, 0.15) is 266 Å². The first-order chi connectivity index (χ1) is 53.1. The van der Waals surface area contributed by atoms with E-state index < -0.39 is 16.6 Å². The maximum atomic E-state index is 13.5. The Hall–Kier alpha value is -7.97. The van der Waals surface area contributed by atoms with Crippen LogP contribution in [-0.2, 0) is 40.4 Å². The van der Waals surface area contributed by atoms with Crippen LogP contribution in [-0.4, -0.2) is 220 Å². The van der Waals surface area contributed by atoms with Gasteiger partial charge in [-0.05, 0) is 159 Å². The van der Waals surface area contributed by atoms with Gasteiger partial charge in [0.05, 0.1) is 24.3 Å². The van der Waals surface area contributed by atoms with Crippen molar-refractivity contribution in [3.05, 3.63) is 141 Å². The van der Waals surface area contributed by atoms with Crippen LogP contribution in [0.3, 0.4) is 0 Å². The molecule has 15 rings (SSSR count). The van der Waals surface area contributed by atoms with Crippen molar-refractivity contribution in [3.63, 3.8) is 0 Å². The molecule has 20 heteroatoms. The highest BCUT2D eigenvalue weighted by atomic mass is 16.3. The molecule has 4 aromatic carbocycles. The molecule has 6 heterocycles. The van der Waals surface area contributed by atoms with E-state index in [1.54, 1.807) is 93.4 Å². The fourth-order valence-corrected chi connectivity index (χ4v) is 22.0. The topological polar surface area (TPSA) is 223 Å². The number of carbonyl (C=O) groups excluding carboxylic acids is 9. The smallest absolute Gasteiger partial charge is 0.254 e. The Balaban J connectivity index is 0.000000146. The predicted octanol–water partition coefficient (Wildman–Crippen LogP) is 12.8. The molecule has 6 aliphatic heterocycles. The summed E-state index contributed by atoms with van der Waals surface area (Å²) in [6, 6.07) is 26.2. The molecule has 600 valence electrons. The average molecular weight is 1520 g/mol. The molecule has 4 aromatic rings. The van der Waals surface area contributed by atoms with Gasteiger partial charge in [-0.15, -0.1) is 0 Å². The highest BCUT2D eigenvalue weighted by Crippen LogP contribution is 2.55. The molecule has 4 unspecified atom stereocenters. The van der Waals surface area contributed by atoms with Gasteiger partial charge in [-0.25, -0.2) is 0 Å². The molecule has 11 aliphatic rings. The molecule has 9 amide bonds. The van der Waals surface area contributed by atoms with Gasteiger partial charge in [0.1, 0.15) is 0 Å². The van der Waals surface area contributed by atoms with Crippen molar-refractivity contribution in [2.75, 3.05) is 101 Å². The van der Waals surface area contributed by atoms with Crippen LogP contribution >= 0.6 is 0 Å². The molecule has 0 bridgehead atoms. The number of nitrogens with zero attached hydrogens (tertiary/aromatic N) is 9. The van der Waals surface area contributed by atoms with E-state index >= 15 is 0 Å². The molecular formula is C91H125N9O11. The Labute approximate surface area is 659 Å². The van der Waals surface area contributed by atoms with E-state index in [9.17, 15) is 53.4 Å². The van der Waals surface area contributed by atoms with Crippen molar-refractivity contribution < 1.29 is 53.4 Å². The SMILES string of the molecule is CC(CC1CCC1)C(=O)N1CC[C@@](O)(CN2Cc3c(C(=O)N(C)C)cccc3C2=O)C2(CCCC2)C1.CC(CC1CCCCC1)C(=O)N1CCC(CN2Cc3c(C(=O)N(C)C)cccc3C2=O)C2(CCCC2)C1.CC(Cc1ccccc1)C(=O)N1CC[C@@](O)(CN2Cc3c(C(=O)N(C)C)cccc3C2=O)C2(CCCC2)C1. The summed E-state index contributed by atoms with van der Waals surface area (Å²) >= 11 is 0. The van der Waals surface area contributed by atoms with E-state index in [0.29, 0.717) is 116 Å². The number of rotatable bonds is 18. The van der Waals surface area contributed by atoms with Crippen molar-refractivity contribution in [1.29, 1.82) is 0 Å². The molecule has 3 saturated heterocycles. The van der Waals surface area contributed by atoms with Crippen LogP contribution in [0.2, 0.25) is 0 Å². The highest BCUT2D eigenvalue weighted by Gasteiger charge is 2.59. The molecule has 6 atom stereocenters. The van der Waals surface area contributed by atoms with Gasteiger partial charge >= 0.3 is 0 Å². The van der Waals surface area contributed by atoms with Crippen molar-refractivity contribution in [1.82, 2.24) is 44.1 Å². The third-order valence-electron chi connectivity index (χ3n) is 28.7. The number of hydrogen-bond acceptors (Lipinski definition) is 11. The molecule has 0 radical (unpaired) electrons. The van der Waals surface area contributed by atoms with Gasteiger partial charge in [0, 0.05) is 170 Å². The maximum absolute atomic E-state index is 13.5. The minimum Gasteiger partial charge on any atom is -0.387 e. The van der Waals surface area contributed by atoms with Crippen LogP contribution in [0.25, 0.3) is 0 Å². The molecule has 20 nitrogen and oxygen atoms in total. The number of β-amino-alcohol motifs (C(OH)–C–C–N with tert-alkyl or cyclic N) is 2. The van der Waals surface area contributed by atoms with Crippen molar-refractivity contribution >= 4 is 53.2 Å². The first-order valence-electron chi connectivity index (χ1n) is 42.3. The van der Waals surface area contributed by atoms with Gasteiger partial charge in [-0.3, -0.25) is 43.2 Å². The Morgan fingerprint density at radius 3 is 1.20 bits per heavy atom. The second-order valence-corrected chi connectivity index (χ2v) is 36.6. The average Bonchev–Trinajstić information content (AvgIpc) is 1.67. The Morgan fingerprint density at radius 2 is 0.793 bits per heavy atom. The monoisotopic (exact) mass is 1520 g/mol. The summed E-state index contributed by atoms with van der Waals surface area (Å²) in [4.78, 5) is 135. The van der Waals surface area contributed by atoms with E-state index in [1.807, 2.05) is 58.0 Å². The fourth-order valence-electron chi connectivity index (χ4n) is 22.0. The van der Waals surface area contributed by atoms with Crippen LogP contribution in [0, 0.1) is 51.8 Å². The van der Waals surface area contributed by atoms with Gasteiger partial charge in [-0.2, -0.15) is 0 Å². The summed E-state index contributed by atoms with van der Waals surface area (Å²) in [6.45, 7) is 12.3. The summed E-state index contributed by atoms with van der Waals surface area (Å²) in [5.74, 6) is 2.05. The number of piperidine rings is 3. The van der Waals surface area contributed by atoms with Crippen LogP contribution in [0.15, 0.2) is 84.9 Å². The maximum Gasteiger partial charge on any atom is 0.254 e. The van der Waals surface area contributed by atoms with E-state index in [0.717, 1.165) is 131 Å². The molecule has 5 aliphatic carbocycles. The highest BCUT2D eigenvalue weighted by molar-refractivity contribution is 6.06. The molecule has 111 heavy (non-hydrogen) atoms. The van der Waals surface area contributed by atoms with E-state index in [1.165, 1.54) is 74.0 Å². The Morgan fingerprint density at radius 1 is 0.414 bits per heavy atom. The largest absolute Gasteiger partial charge is 0.387 e. The standard InChI is InChI=1S/C31H39N3O4.C31H45N3O3.C29H41N3O4/c1-22(18-23-10-5-4-6-11-23)27(35)33-17-16-31(38,30(20-33)14-7-8-15-30)21-34-19-26-24(28(36)32(2)3)12-9-13-25(26)29(34)37;1-22(18-23-10-5-4-6-11-23)28(35)33-17-14-24(31(21-33)15-7-8-16-31)19-34-20-27-25(29(36)32(2)3)12-9-13-26(27)30(34)37;1-20(16-21-8-6-9-21)25(33)31-15-14-29(36,28(18-31)12-4-5-13-28)19-32-17-24-22(26(34)30(2)3)10-7-11-23(24)27(32)35/h4-6,9-13,22,38H,7-8,14-21H2,1-3H3;9,12-13,22-24H,4-8,10-11,14-21H2,1-3H3;7,10-11,20-21,36H,4-6,8-9,12-19H2,1-3H3/t22?,31-;;20?,29-/m1.1/s1. The zero-order valence-corrected chi connectivity index (χ0v) is 68.0. The third-order valence-corrected chi connectivity index (χ3v) is 28.7. The van der Waals surface area contributed by atoms with Crippen LogP contribution in [0.5, 0.6) is 0 Å². The number of likely N-dealkylation sites (tertiary alicyclic amines) is 3. The van der Waals surface area contributed by atoms with Crippen LogP contribution in [0.4, 0.5) is 0 Å². The Kier molecular flexibility index (Phi) is 24.5. The molecule has 5 saturated carbocycles. The summed E-state index contributed by atoms with van der Waals surface area (Å²) in [7, 11) is 10.4. The molecular weight excluding hydrogens is 1400 g/mol. The van der Waals surface area contributed by atoms with Crippen LogP contribution < -0.4 is 0 Å². The molecule has 3 spiro atoms. The first-order valence-corrected chi connectivity index (χ1v) is 42.3. The molecule has 2 N–H and O–H groups in total. The van der Waals surface area contributed by atoms with Gasteiger partial charge in [-0.1, -0.05) is 159 Å². The lowest BCUT2D eigenvalue weighted by Gasteiger charge is -2.53.